The second-order valence-corrected chi connectivity index (χ2v) is 6.37. The lowest BCUT2D eigenvalue weighted by Gasteiger charge is -2.12. The molecule has 0 aliphatic carbocycles. The van der Waals surface area contributed by atoms with Crippen LogP contribution in [0.5, 0.6) is 0 Å². The SMILES string of the molecule is C[C@H](Sc1ccnc2cc(Cl)ccc12)C(=O)Nc1ncn[nH]1. The second-order valence-electron chi connectivity index (χ2n) is 4.55. The zero-order chi connectivity index (χ0) is 15.5. The van der Waals surface area contributed by atoms with Gasteiger partial charge in [0.15, 0.2) is 0 Å². The number of carbonyl (C=O) groups excluding carboxylic acids is 1. The topological polar surface area (TPSA) is 83.6 Å². The lowest BCUT2D eigenvalue weighted by Crippen LogP contribution is -2.23. The molecule has 2 aromatic heterocycles. The van der Waals surface area contributed by atoms with Gasteiger partial charge in [0.25, 0.3) is 0 Å². The van der Waals surface area contributed by atoms with Crippen molar-refractivity contribution in [3.8, 4) is 0 Å². The van der Waals surface area contributed by atoms with Crippen molar-refractivity contribution >= 4 is 46.1 Å². The highest BCUT2D eigenvalue weighted by Crippen LogP contribution is 2.31. The van der Waals surface area contributed by atoms with Crippen molar-refractivity contribution < 1.29 is 4.79 Å². The monoisotopic (exact) mass is 333 g/mol. The van der Waals surface area contributed by atoms with Crippen molar-refractivity contribution in [3.63, 3.8) is 0 Å². The Hall–Kier alpha value is -2.12. The molecule has 0 radical (unpaired) electrons. The Kier molecular flexibility index (Phi) is 4.26. The van der Waals surface area contributed by atoms with Gasteiger partial charge in [0.1, 0.15) is 6.33 Å². The van der Waals surface area contributed by atoms with E-state index in [4.69, 9.17) is 11.6 Å². The summed E-state index contributed by atoms with van der Waals surface area (Å²) in [5.41, 5.74) is 0.806. The summed E-state index contributed by atoms with van der Waals surface area (Å²) in [6.07, 6.45) is 3.05. The van der Waals surface area contributed by atoms with Crippen LogP contribution in [-0.2, 0) is 4.79 Å². The first kappa shape index (κ1) is 14.8. The Labute approximate surface area is 135 Å². The third-order valence-electron chi connectivity index (χ3n) is 2.99. The highest BCUT2D eigenvalue weighted by molar-refractivity contribution is 8.00. The van der Waals surface area contributed by atoms with Gasteiger partial charge in [-0.2, -0.15) is 10.1 Å². The van der Waals surface area contributed by atoms with Crippen LogP contribution in [0.25, 0.3) is 10.9 Å². The summed E-state index contributed by atoms with van der Waals surface area (Å²) in [5, 5.41) is 10.3. The number of aromatic amines is 1. The normalized spacial score (nSPS) is 12.3. The molecule has 0 spiro atoms. The summed E-state index contributed by atoms with van der Waals surface area (Å²) in [7, 11) is 0. The van der Waals surface area contributed by atoms with Gasteiger partial charge in [0.05, 0.1) is 10.8 Å². The zero-order valence-electron chi connectivity index (χ0n) is 11.6. The number of pyridine rings is 1. The number of rotatable bonds is 4. The van der Waals surface area contributed by atoms with Crippen molar-refractivity contribution in [2.24, 2.45) is 0 Å². The number of carbonyl (C=O) groups is 1. The third kappa shape index (κ3) is 3.20. The molecule has 0 unspecified atom stereocenters. The van der Waals surface area contributed by atoms with E-state index < -0.39 is 0 Å². The highest BCUT2D eigenvalue weighted by atomic mass is 35.5. The Morgan fingerprint density at radius 1 is 1.36 bits per heavy atom. The number of H-pyrrole nitrogens is 1. The van der Waals surface area contributed by atoms with Crippen LogP contribution in [0.1, 0.15) is 6.92 Å². The molecule has 1 atom stereocenters. The number of anilines is 1. The summed E-state index contributed by atoms with van der Waals surface area (Å²) < 4.78 is 0. The summed E-state index contributed by atoms with van der Waals surface area (Å²) in [5.74, 6) is 0.185. The van der Waals surface area contributed by atoms with Gasteiger partial charge < -0.3 is 0 Å². The molecule has 2 heterocycles. The number of hydrogen-bond donors (Lipinski definition) is 2. The summed E-state index contributed by atoms with van der Waals surface area (Å²) in [6, 6.07) is 7.42. The maximum Gasteiger partial charge on any atom is 0.239 e. The van der Waals surface area contributed by atoms with E-state index in [-0.39, 0.29) is 11.2 Å². The molecule has 3 aromatic rings. The molecule has 112 valence electrons. The Balaban J connectivity index is 1.79. The smallest absolute Gasteiger partial charge is 0.239 e. The summed E-state index contributed by atoms with van der Waals surface area (Å²) in [6.45, 7) is 1.83. The number of hydrogen-bond acceptors (Lipinski definition) is 5. The van der Waals surface area contributed by atoms with Crippen LogP contribution in [-0.4, -0.2) is 31.3 Å². The zero-order valence-corrected chi connectivity index (χ0v) is 13.1. The van der Waals surface area contributed by atoms with E-state index in [2.05, 4.69) is 25.5 Å². The van der Waals surface area contributed by atoms with Gasteiger partial charge in [0, 0.05) is 21.5 Å². The number of fused-ring (bicyclic) bond motifs is 1. The standard InChI is InChI=1S/C14H12ClN5OS/c1-8(13(21)19-14-17-7-18-20-14)22-12-4-5-16-11-6-9(15)2-3-10(11)12/h2-8H,1H3,(H2,17,18,19,20,21)/t8-/m0/s1. The maximum absolute atomic E-state index is 12.1. The largest absolute Gasteiger partial charge is 0.294 e. The van der Waals surface area contributed by atoms with Crippen LogP contribution in [0.4, 0.5) is 5.95 Å². The molecule has 6 nitrogen and oxygen atoms in total. The van der Waals surface area contributed by atoms with Gasteiger partial charge in [-0.1, -0.05) is 17.7 Å². The van der Waals surface area contributed by atoms with Gasteiger partial charge in [-0.3, -0.25) is 15.1 Å². The van der Waals surface area contributed by atoms with Gasteiger partial charge >= 0.3 is 0 Å². The fraction of sp³-hybridized carbons (Fsp3) is 0.143. The molecule has 2 N–H and O–H groups in total. The molecule has 1 aromatic carbocycles. The lowest BCUT2D eigenvalue weighted by atomic mass is 10.2. The molecule has 0 aliphatic heterocycles. The summed E-state index contributed by atoms with van der Waals surface area (Å²) >= 11 is 7.43. The van der Waals surface area contributed by atoms with E-state index in [0.29, 0.717) is 11.0 Å². The highest BCUT2D eigenvalue weighted by Gasteiger charge is 2.17. The van der Waals surface area contributed by atoms with Crippen LogP contribution >= 0.6 is 23.4 Å². The molecule has 22 heavy (non-hydrogen) atoms. The first-order valence-electron chi connectivity index (χ1n) is 6.50. The fourth-order valence-electron chi connectivity index (χ4n) is 1.93. The van der Waals surface area contributed by atoms with E-state index in [1.807, 2.05) is 25.1 Å². The molecule has 1 amide bonds. The van der Waals surface area contributed by atoms with Crippen LogP contribution < -0.4 is 5.32 Å². The number of thioether (sulfide) groups is 1. The quantitative estimate of drug-likeness (QED) is 0.717. The molecular formula is C14H12ClN5OS. The van der Waals surface area contributed by atoms with Crippen molar-refractivity contribution in [3.05, 3.63) is 41.8 Å². The van der Waals surface area contributed by atoms with Crippen molar-refractivity contribution in [2.75, 3.05) is 5.32 Å². The predicted molar refractivity (Wildman–Crippen MR) is 87.1 cm³/mol. The lowest BCUT2D eigenvalue weighted by molar-refractivity contribution is -0.115. The number of nitrogens with zero attached hydrogens (tertiary/aromatic N) is 3. The van der Waals surface area contributed by atoms with E-state index >= 15 is 0 Å². The number of nitrogens with one attached hydrogen (secondary N) is 2. The van der Waals surface area contributed by atoms with Crippen LogP contribution in [0.2, 0.25) is 5.02 Å². The Morgan fingerprint density at radius 3 is 3.00 bits per heavy atom. The third-order valence-corrected chi connectivity index (χ3v) is 4.41. The van der Waals surface area contributed by atoms with Crippen LogP contribution in [0.3, 0.4) is 0 Å². The van der Waals surface area contributed by atoms with E-state index in [0.717, 1.165) is 15.8 Å². The number of halogens is 1. The second kappa shape index (κ2) is 6.33. The number of benzene rings is 1. The van der Waals surface area contributed by atoms with Gasteiger partial charge in [-0.25, -0.2) is 5.10 Å². The van der Waals surface area contributed by atoms with Crippen LogP contribution in [0.15, 0.2) is 41.7 Å². The van der Waals surface area contributed by atoms with Crippen LogP contribution in [0, 0.1) is 0 Å². The number of aromatic nitrogens is 4. The molecule has 0 bridgehead atoms. The molecule has 0 fully saturated rings. The fourth-order valence-corrected chi connectivity index (χ4v) is 3.08. The number of amides is 1. The molecule has 3 rings (SSSR count). The first-order valence-corrected chi connectivity index (χ1v) is 7.76. The molecule has 8 heteroatoms. The predicted octanol–water partition coefficient (Wildman–Crippen LogP) is 3.13. The van der Waals surface area contributed by atoms with Crippen molar-refractivity contribution in [1.82, 2.24) is 20.2 Å². The van der Waals surface area contributed by atoms with Crippen molar-refractivity contribution in [1.29, 1.82) is 0 Å². The maximum atomic E-state index is 12.1. The molecule has 0 aliphatic rings. The van der Waals surface area contributed by atoms with E-state index in [1.165, 1.54) is 18.1 Å². The van der Waals surface area contributed by atoms with Crippen molar-refractivity contribution in [2.45, 2.75) is 17.1 Å². The molecule has 0 saturated carbocycles. The van der Waals surface area contributed by atoms with Gasteiger partial charge in [0.2, 0.25) is 11.9 Å². The minimum atomic E-state index is -0.300. The van der Waals surface area contributed by atoms with Gasteiger partial charge in [-0.05, 0) is 25.1 Å². The summed E-state index contributed by atoms with van der Waals surface area (Å²) in [4.78, 5) is 21.3. The minimum absolute atomic E-state index is 0.152. The average Bonchev–Trinajstić information content (AvgIpc) is 3.00. The molecule has 0 saturated heterocycles. The van der Waals surface area contributed by atoms with E-state index in [1.54, 1.807) is 12.3 Å². The first-order chi connectivity index (χ1) is 10.6. The minimum Gasteiger partial charge on any atom is -0.294 e. The average molecular weight is 334 g/mol. The molecular weight excluding hydrogens is 322 g/mol. The Morgan fingerprint density at radius 2 is 2.23 bits per heavy atom. The Bertz CT molecular complexity index is 808. The van der Waals surface area contributed by atoms with E-state index in [9.17, 15) is 4.79 Å². The van der Waals surface area contributed by atoms with Gasteiger partial charge in [-0.15, -0.1) is 11.8 Å².